The number of carbonyl (C=O) groups excluding carboxylic acids is 1. The van der Waals surface area contributed by atoms with E-state index in [-0.39, 0.29) is 11.1 Å². The van der Waals surface area contributed by atoms with Gasteiger partial charge in [-0.25, -0.2) is 4.79 Å². The van der Waals surface area contributed by atoms with Crippen molar-refractivity contribution in [1.29, 1.82) is 0 Å². The van der Waals surface area contributed by atoms with Crippen LogP contribution < -0.4 is 5.32 Å². The zero-order chi connectivity index (χ0) is 20.6. The lowest BCUT2D eigenvalue weighted by atomic mass is 10.1. The molecule has 27 heavy (non-hydrogen) atoms. The molecule has 0 aliphatic carbocycles. The van der Waals surface area contributed by atoms with Crippen molar-refractivity contribution in [3.05, 3.63) is 79.9 Å². The Bertz CT molecular complexity index is 821. The van der Waals surface area contributed by atoms with Crippen LogP contribution in [-0.2, 0) is 4.79 Å². The van der Waals surface area contributed by atoms with Crippen LogP contribution in [0.15, 0.2) is 48.5 Å². The lowest BCUT2D eigenvalue weighted by Gasteiger charge is -2.14. The van der Waals surface area contributed by atoms with E-state index in [1.807, 2.05) is 13.8 Å². The van der Waals surface area contributed by atoms with Gasteiger partial charge in [0.15, 0.2) is 6.04 Å². The second-order valence-corrected chi connectivity index (χ2v) is 4.91. The van der Waals surface area contributed by atoms with Gasteiger partial charge in [0.2, 0.25) is 0 Å². The average Bonchev–Trinajstić information content (AvgIpc) is 2.67. The van der Waals surface area contributed by atoms with Gasteiger partial charge in [0.1, 0.15) is 0 Å². The number of benzene rings is 2. The monoisotopic (exact) mass is 375 g/mol. The molecule has 2 aromatic rings. The van der Waals surface area contributed by atoms with Crippen LogP contribution in [0, 0.1) is 20.2 Å². The molecule has 0 aliphatic rings. The minimum absolute atomic E-state index is 0.281. The standard InChI is InChI=1S/C15H11N3O7.C2H6/c19-14(16-13(15(20)21)9-4-2-1-3-5-9)10-6-11(17(22)23)8-12(7-10)18(24)25;1-2/h1-8,13H,(H,16,19)(H,20,21);1-2H3/t13-;/m0./s1. The highest BCUT2D eigenvalue weighted by Crippen LogP contribution is 2.23. The number of amides is 1. The Hall–Kier alpha value is -3.82. The van der Waals surface area contributed by atoms with Crippen LogP contribution in [0.5, 0.6) is 0 Å². The maximum Gasteiger partial charge on any atom is 0.330 e. The summed E-state index contributed by atoms with van der Waals surface area (Å²) in [6.07, 6.45) is 0. The molecule has 0 aliphatic heterocycles. The number of aliphatic carboxylic acids is 1. The lowest BCUT2D eigenvalue weighted by molar-refractivity contribution is -0.394. The first-order valence-corrected chi connectivity index (χ1v) is 7.82. The first-order valence-electron chi connectivity index (χ1n) is 7.82. The maximum absolute atomic E-state index is 12.3. The summed E-state index contributed by atoms with van der Waals surface area (Å²) in [5.74, 6) is -2.33. The number of nitro benzene ring substituents is 2. The molecule has 0 aromatic heterocycles. The van der Waals surface area contributed by atoms with Gasteiger partial charge in [-0.2, -0.15) is 0 Å². The van der Waals surface area contributed by atoms with Gasteiger partial charge in [-0.1, -0.05) is 44.2 Å². The Labute approximate surface area is 153 Å². The first kappa shape index (κ1) is 21.2. The SMILES string of the molecule is CC.O=C(N[C@H](C(=O)O)c1ccccc1)c1cc([N+](=O)[O-])cc([N+](=O)[O-])c1. The zero-order valence-corrected chi connectivity index (χ0v) is 14.5. The Morgan fingerprint density at radius 1 is 0.963 bits per heavy atom. The van der Waals surface area contributed by atoms with Crippen molar-refractivity contribution in [2.45, 2.75) is 19.9 Å². The molecule has 2 aromatic carbocycles. The number of hydrogen-bond acceptors (Lipinski definition) is 6. The normalized spacial score (nSPS) is 10.7. The Morgan fingerprint density at radius 2 is 1.44 bits per heavy atom. The van der Waals surface area contributed by atoms with Crippen LogP contribution in [0.3, 0.4) is 0 Å². The number of hydrogen-bond donors (Lipinski definition) is 2. The molecule has 0 spiro atoms. The van der Waals surface area contributed by atoms with E-state index in [1.54, 1.807) is 18.2 Å². The second-order valence-electron chi connectivity index (χ2n) is 4.91. The highest BCUT2D eigenvalue weighted by Gasteiger charge is 2.25. The molecule has 0 radical (unpaired) electrons. The summed E-state index contributed by atoms with van der Waals surface area (Å²) in [7, 11) is 0. The smallest absolute Gasteiger partial charge is 0.330 e. The van der Waals surface area contributed by atoms with Gasteiger partial charge in [0.05, 0.1) is 21.5 Å². The van der Waals surface area contributed by atoms with Gasteiger partial charge in [-0.3, -0.25) is 25.0 Å². The number of nitro groups is 2. The molecule has 0 saturated heterocycles. The van der Waals surface area contributed by atoms with E-state index in [2.05, 4.69) is 5.32 Å². The van der Waals surface area contributed by atoms with Gasteiger partial charge in [0, 0.05) is 12.1 Å². The molecule has 0 fully saturated rings. The van der Waals surface area contributed by atoms with Crippen LogP contribution >= 0.6 is 0 Å². The van der Waals surface area contributed by atoms with Crippen LogP contribution in [0.25, 0.3) is 0 Å². The van der Waals surface area contributed by atoms with Gasteiger partial charge < -0.3 is 10.4 Å². The summed E-state index contributed by atoms with van der Waals surface area (Å²) in [6, 6.07) is 8.76. The highest BCUT2D eigenvalue weighted by molar-refractivity contribution is 5.98. The maximum atomic E-state index is 12.3. The van der Waals surface area contributed by atoms with E-state index in [9.17, 15) is 34.9 Å². The van der Waals surface area contributed by atoms with E-state index in [4.69, 9.17) is 0 Å². The van der Waals surface area contributed by atoms with Crippen LogP contribution in [0.4, 0.5) is 11.4 Å². The number of carboxylic acids is 1. The summed E-state index contributed by atoms with van der Waals surface area (Å²) < 4.78 is 0. The molecule has 1 atom stereocenters. The third-order valence-corrected chi connectivity index (χ3v) is 3.24. The fourth-order valence-corrected chi connectivity index (χ4v) is 2.08. The molecule has 10 heteroatoms. The third-order valence-electron chi connectivity index (χ3n) is 3.24. The average molecular weight is 375 g/mol. The fourth-order valence-electron chi connectivity index (χ4n) is 2.08. The van der Waals surface area contributed by atoms with Gasteiger partial charge in [-0.15, -0.1) is 0 Å². The Kier molecular flexibility index (Phi) is 7.55. The van der Waals surface area contributed by atoms with E-state index in [1.165, 1.54) is 12.1 Å². The Balaban J connectivity index is 0.00000176. The molecule has 0 heterocycles. The van der Waals surface area contributed by atoms with Gasteiger partial charge in [-0.05, 0) is 5.56 Å². The molecular formula is C17H17N3O7. The quantitative estimate of drug-likeness (QED) is 0.581. The summed E-state index contributed by atoms with van der Waals surface area (Å²) in [6.45, 7) is 4.00. The second kappa shape index (κ2) is 9.61. The topological polar surface area (TPSA) is 153 Å². The summed E-state index contributed by atoms with van der Waals surface area (Å²) in [5.41, 5.74) is -1.40. The fraction of sp³-hybridized carbons (Fsp3) is 0.176. The number of carbonyl (C=O) groups is 2. The number of non-ortho nitro benzene ring substituents is 2. The van der Waals surface area contributed by atoms with Crippen molar-refractivity contribution in [3.63, 3.8) is 0 Å². The molecule has 1 amide bonds. The van der Waals surface area contributed by atoms with E-state index in [0.29, 0.717) is 6.07 Å². The predicted octanol–water partition coefficient (Wildman–Crippen LogP) is 3.08. The number of nitrogens with one attached hydrogen (secondary N) is 1. The molecule has 0 unspecified atom stereocenters. The Morgan fingerprint density at radius 3 is 1.85 bits per heavy atom. The van der Waals surface area contributed by atoms with Crippen molar-refractivity contribution in [2.24, 2.45) is 0 Å². The van der Waals surface area contributed by atoms with Crippen LogP contribution in [0.1, 0.15) is 35.8 Å². The molecule has 2 N–H and O–H groups in total. The molecule has 0 saturated carbocycles. The van der Waals surface area contributed by atoms with E-state index >= 15 is 0 Å². The van der Waals surface area contributed by atoms with Crippen molar-refractivity contribution in [1.82, 2.24) is 5.32 Å². The highest BCUT2D eigenvalue weighted by atomic mass is 16.6. The van der Waals surface area contributed by atoms with Crippen molar-refractivity contribution < 1.29 is 24.5 Å². The zero-order valence-electron chi connectivity index (χ0n) is 14.5. The van der Waals surface area contributed by atoms with Crippen molar-refractivity contribution >= 4 is 23.3 Å². The molecular weight excluding hydrogens is 358 g/mol. The lowest BCUT2D eigenvalue weighted by Crippen LogP contribution is -2.33. The third kappa shape index (κ3) is 5.59. The molecule has 0 bridgehead atoms. The molecule has 142 valence electrons. The van der Waals surface area contributed by atoms with Crippen molar-refractivity contribution in [3.8, 4) is 0 Å². The number of rotatable bonds is 6. The predicted molar refractivity (Wildman–Crippen MR) is 95.4 cm³/mol. The summed E-state index contributed by atoms with van der Waals surface area (Å²) in [4.78, 5) is 43.6. The number of carboxylic acid groups (broad SMARTS) is 1. The van der Waals surface area contributed by atoms with Crippen LogP contribution in [-0.4, -0.2) is 26.8 Å². The minimum Gasteiger partial charge on any atom is -0.479 e. The molecule has 10 nitrogen and oxygen atoms in total. The van der Waals surface area contributed by atoms with Gasteiger partial charge in [0.25, 0.3) is 17.3 Å². The largest absolute Gasteiger partial charge is 0.479 e. The minimum atomic E-state index is -1.41. The molecule has 2 rings (SSSR count). The van der Waals surface area contributed by atoms with Crippen molar-refractivity contribution in [2.75, 3.05) is 0 Å². The first-order chi connectivity index (χ1) is 12.8. The van der Waals surface area contributed by atoms with Crippen LogP contribution in [0.2, 0.25) is 0 Å². The van der Waals surface area contributed by atoms with E-state index < -0.39 is 39.1 Å². The summed E-state index contributed by atoms with van der Waals surface area (Å²) >= 11 is 0. The van der Waals surface area contributed by atoms with Gasteiger partial charge >= 0.3 is 5.97 Å². The van der Waals surface area contributed by atoms with E-state index in [0.717, 1.165) is 12.1 Å². The summed E-state index contributed by atoms with van der Waals surface area (Å²) in [5, 5.41) is 33.2. The number of nitrogens with zero attached hydrogens (tertiary/aromatic N) is 2.